The predicted octanol–water partition coefficient (Wildman–Crippen LogP) is 0.847. The van der Waals surface area contributed by atoms with Crippen molar-refractivity contribution in [2.45, 2.75) is 25.3 Å². The molecule has 0 atom stereocenters. The minimum Gasteiger partial charge on any atom is -0.394 e. The van der Waals surface area contributed by atoms with Crippen molar-refractivity contribution >= 4 is 5.91 Å². The summed E-state index contributed by atoms with van der Waals surface area (Å²) in [6, 6.07) is 5.48. The zero-order valence-corrected chi connectivity index (χ0v) is 13.0. The first-order valence-corrected chi connectivity index (χ1v) is 7.60. The summed E-state index contributed by atoms with van der Waals surface area (Å²) in [5.74, 6) is -0.177. The van der Waals surface area contributed by atoms with Crippen molar-refractivity contribution in [3.05, 3.63) is 42.0 Å². The van der Waals surface area contributed by atoms with Crippen molar-refractivity contribution in [3.8, 4) is 5.69 Å². The summed E-state index contributed by atoms with van der Waals surface area (Å²) in [6.45, 7) is 2.89. The molecule has 1 saturated heterocycles. The summed E-state index contributed by atoms with van der Waals surface area (Å²) < 4.78 is 6.96. The van der Waals surface area contributed by atoms with Crippen LogP contribution in [0.4, 0.5) is 0 Å². The van der Waals surface area contributed by atoms with Gasteiger partial charge >= 0.3 is 0 Å². The van der Waals surface area contributed by atoms with Gasteiger partial charge in [-0.05, 0) is 43.5 Å². The molecule has 1 aromatic carbocycles. The van der Waals surface area contributed by atoms with Gasteiger partial charge in [-0.3, -0.25) is 4.79 Å². The SMILES string of the molecule is Cc1cc(-n2cncn2)ccc1C(=O)NC1(CO)CCOCC1. The highest BCUT2D eigenvalue weighted by Crippen LogP contribution is 2.22. The zero-order valence-electron chi connectivity index (χ0n) is 13.0. The van der Waals surface area contributed by atoms with E-state index >= 15 is 0 Å². The molecule has 0 radical (unpaired) electrons. The number of nitrogens with zero attached hydrogens (tertiary/aromatic N) is 3. The Bertz CT molecular complexity index is 679. The van der Waals surface area contributed by atoms with Gasteiger partial charge in [-0.15, -0.1) is 0 Å². The van der Waals surface area contributed by atoms with Crippen molar-refractivity contribution in [2.24, 2.45) is 0 Å². The summed E-state index contributed by atoms with van der Waals surface area (Å²) in [5.41, 5.74) is 1.69. The Labute approximate surface area is 134 Å². The number of nitrogens with one attached hydrogen (secondary N) is 1. The smallest absolute Gasteiger partial charge is 0.252 e. The Morgan fingerprint density at radius 2 is 2.22 bits per heavy atom. The van der Waals surface area contributed by atoms with Crippen LogP contribution in [0, 0.1) is 6.92 Å². The van der Waals surface area contributed by atoms with E-state index in [4.69, 9.17) is 4.74 Å². The number of aliphatic hydroxyl groups is 1. The Morgan fingerprint density at radius 3 is 2.83 bits per heavy atom. The van der Waals surface area contributed by atoms with E-state index in [9.17, 15) is 9.90 Å². The van der Waals surface area contributed by atoms with Gasteiger partial charge in [0.1, 0.15) is 12.7 Å². The van der Waals surface area contributed by atoms with E-state index < -0.39 is 5.54 Å². The third kappa shape index (κ3) is 3.25. The lowest BCUT2D eigenvalue weighted by Gasteiger charge is -2.36. The maximum absolute atomic E-state index is 12.6. The molecule has 7 heteroatoms. The van der Waals surface area contributed by atoms with Crippen LogP contribution in [-0.4, -0.2) is 51.1 Å². The topological polar surface area (TPSA) is 89.3 Å². The first-order chi connectivity index (χ1) is 11.1. The summed E-state index contributed by atoms with van der Waals surface area (Å²) in [7, 11) is 0. The van der Waals surface area contributed by atoms with E-state index in [1.165, 1.54) is 6.33 Å². The van der Waals surface area contributed by atoms with Crippen molar-refractivity contribution in [1.29, 1.82) is 0 Å². The minimum atomic E-state index is -0.591. The number of carbonyl (C=O) groups is 1. The third-order valence-electron chi connectivity index (χ3n) is 4.27. The van der Waals surface area contributed by atoms with Crippen LogP contribution in [0.25, 0.3) is 5.69 Å². The van der Waals surface area contributed by atoms with Gasteiger partial charge in [0.05, 0.1) is 17.8 Å². The van der Waals surface area contributed by atoms with Crippen LogP contribution < -0.4 is 5.32 Å². The number of aryl methyl sites for hydroxylation is 1. The fourth-order valence-corrected chi connectivity index (χ4v) is 2.78. The van der Waals surface area contributed by atoms with Gasteiger partial charge in [0.2, 0.25) is 0 Å². The molecular formula is C16H20N4O3. The van der Waals surface area contributed by atoms with Crippen LogP contribution in [0.15, 0.2) is 30.9 Å². The van der Waals surface area contributed by atoms with Gasteiger partial charge in [0, 0.05) is 18.8 Å². The van der Waals surface area contributed by atoms with Crippen LogP contribution in [0.3, 0.4) is 0 Å². The molecule has 1 amide bonds. The second-order valence-corrected chi connectivity index (χ2v) is 5.84. The molecule has 2 aromatic rings. The molecule has 3 rings (SSSR count). The van der Waals surface area contributed by atoms with E-state index in [0.717, 1.165) is 11.3 Å². The highest BCUT2D eigenvalue weighted by Gasteiger charge is 2.34. The van der Waals surface area contributed by atoms with Crippen molar-refractivity contribution in [2.75, 3.05) is 19.8 Å². The summed E-state index contributed by atoms with van der Waals surface area (Å²) >= 11 is 0. The van der Waals surface area contributed by atoms with Crippen LogP contribution in [0.5, 0.6) is 0 Å². The Morgan fingerprint density at radius 1 is 1.43 bits per heavy atom. The fourth-order valence-electron chi connectivity index (χ4n) is 2.78. The molecule has 2 heterocycles. The molecular weight excluding hydrogens is 296 g/mol. The lowest BCUT2D eigenvalue weighted by atomic mass is 9.90. The van der Waals surface area contributed by atoms with Gasteiger partial charge < -0.3 is 15.2 Å². The lowest BCUT2D eigenvalue weighted by molar-refractivity contribution is 0.0125. The highest BCUT2D eigenvalue weighted by atomic mass is 16.5. The van der Waals surface area contributed by atoms with E-state index in [-0.39, 0.29) is 12.5 Å². The Hall–Kier alpha value is -2.25. The van der Waals surface area contributed by atoms with Crippen molar-refractivity contribution < 1.29 is 14.6 Å². The minimum absolute atomic E-state index is 0.0851. The average molecular weight is 316 g/mol. The number of carbonyl (C=O) groups excluding carboxylic acids is 1. The molecule has 1 aliphatic heterocycles. The van der Waals surface area contributed by atoms with Crippen LogP contribution in [-0.2, 0) is 4.74 Å². The molecule has 1 aromatic heterocycles. The average Bonchev–Trinajstić information content (AvgIpc) is 3.10. The molecule has 2 N–H and O–H groups in total. The standard InChI is InChI=1S/C16H20N4O3/c1-12-8-13(20-11-17-10-18-20)2-3-14(12)15(22)19-16(9-21)4-6-23-7-5-16/h2-3,8,10-11,21H,4-7,9H2,1H3,(H,19,22). The van der Waals surface area contributed by atoms with Gasteiger partial charge in [-0.2, -0.15) is 5.10 Å². The maximum atomic E-state index is 12.6. The van der Waals surface area contributed by atoms with Gasteiger partial charge in [-0.25, -0.2) is 9.67 Å². The first kappa shape index (κ1) is 15.6. The number of aromatic nitrogens is 3. The van der Waals surface area contributed by atoms with E-state index in [1.807, 2.05) is 19.1 Å². The van der Waals surface area contributed by atoms with Crippen LogP contribution in [0.2, 0.25) is 0 Å². The summed E-state index contributed by atoms with van der Waals surface area (Å²) in [4.78, 5) is 16.5. The number of aliphatic hydroxyl groups excluding tert-OH is 1. The summed E-state index contributed by atoms with van der Waals surface area (Å²) in [5, 5.41) is 16.8. The number of hydrogen-bond donors (Lipinski definition) is 2. The molecule has 7 nitrogen and oxygen atoms in total. The Balaban J connectivity index is 1.79. The van der Waals surface area contributed by atoms with E-state index in [1.54, 1.807) is 17.1 Å². The Kier molecular flexibility index (Phi) is 4.40. The van der Waals surface area contributed by atoms with Gasteiger partial charge in [0.15, 0.2) is 0 Å². The third-order valence-corrected chi connectivity index (χ3v) is 4.27. The normalized spacial score (nSPS) is 17.0. The maximum Gasteiger partial charge on any atom is 0.252 e. The van der Waals surface area contributed by atoms with Crippen molar-refractivity contribution in [1.82, 2.24) is 20.1 Å². The first-order valence-electron chi connectivity index (χ1n) is 7.60. The quantitative estimate of drug-likeness (QED) is 0.873. The molecule has 23 heavy (non-hydrogen) atoms. The number of amides is 1. The fraction of sp³-hybridized carbons (Fsp3) is 0.438. The molecule has 0 bridgehead atoms. The second-order valence-electron chi connectivity index (χ2n) is 5.84. The van der Waals surface area contributed by atoms with Crippen LogP contribution >= 0.6 is 0 Å². The largest absolute Gasteiger partial charge is 0.394 e. The lowest BCUT2D eigenvalue weighted by Crippen LogP contribution is -2.54. The molecule has 0 unspecified atom stereocenters. The second kappa shape index (κ2) is 6.47. The van der Waals surface area contributed by atoms with Crippen LogP contribution in [0.1, 0.15) is 28.8 Å². The number of ether oxygens (including phenoxy) is 1. The number of hydrogen-bond acceptors (Lipinski definition) is 5. The van der Waals surface area contributed by atoms with E-state index in [0.29, 0.717) is 31.6 Å². The molecule has 1 aliphatic rings. The number of benzene rings is 1. The molecule has 0 saturated carbocycles. The van der Waals surface area contributed by atoms with Gasteiger partial charge in [0.25, 0.3) is 5.91 Å². The van der Waals surface area contributed by atoms with Gasteiger partial charge in [-0.1, -0.05) is 0 Å². The van der Waals surface area contributed by atoms with E-state index in [2.05, 4.69) is 15.4 Å². The van der Waals surface area contributed by atoms with Crippen molar-refractivity contribution in [3.63, 3.8) is 0 Å². The molecule has 122 valence electrons. The predicted molar refractivity (Wildman–Crippen MR) is 83.4 cm³/mol. The highest BCUT2D eigenvalue weighted by molar-refractivity contribution is 5.96. The molecule has 1 fully saturated rings. The summed E-state index contributed by atoms with van der Waals surface area (Å²) in [6.07, 6.45) is 4.31. The molecule has 0 aliphatic carbocycles. The monoisotopic (exact) mass is 316 g/mol. The number of rotatable bonds is 4. The molecule has 0 spiro atoms. The zero-order chi connectivity index (χ0) is 16.3.